The molecule has 1 saturated heterocycles. The Labute approximate surface area is 110 Å². The fourth-order valence-electron chi connectivity index (χ4n) is 2.45. The first kappa shape index (κ1) is 13.5. The topological polar surface area (TPSA) is 89.7 Å². The van der Waals surface area contributed by atoms with Crippen LogP contribution in [0, 0.1) is 22.0 Å². The number of aliphatic hydroxyl groups is 1. The molecule has 0 aromatic heterocycles. The molecule has 0 aliphatic carbocycles. The Morgan fingerprint density at radius 1 is 1.32 bits per heavy atom. The summed E-state index contributed by atoms with van der Waals surface area (Å²) in [5, 5.41) is 19.8. The highest BCUT2D eigenvalue weighted by atomic mass is 16.6. The van der Waals surface area contributed by atoms with Crippen LogP contribution in [0.25, 0.3) is 0 Å². The van der Waals surface area contributed by atoms with E-state index in [1.807, 2.05) is 30.3 Å². The van der Waals surface area contributed by atoms with E-state index in [2.05, 4.69) is 0 Å². The highest BCUT2D eigenvalue weighted by Crippen LogP contribution is 2.31. The van der Waals surface area contributed by atoms with Gasteiger partial charge < -0.3 is 9.84 Å². The van der Waals surface area contributed by atoms with Gasteiger partial charge in [0.05, 0.1) is 18.4 Å². The molecule has 0 unspecified atom stereocenters. The molecular formula is C13H15NO5. The van der Waals surface area contributed by atoms with Crippen molar-refractivity contribution in [1.82, 2.24) is 0 Å². The summed E-state index contributed by atoms with van der Waals surface area (Å²) in [4.78, 5) is 22.0. The van der Waals surface area contributed by atoms with E-state index in [1.54, 1.807) is 0 Å². The van der Waals surface area contributed by atoms with Gasteiger partial charge in [0, 0.05) is 4.92 Å². The van der Waals surface area contributed by atoms with Gasteiger partial charge in [-0.25, -0.2) is 0 Å². The molecule has 0 amide bonds. The summed E-state index contributed by atoms with van der Waals surface area (Å²) in [6.07, 6.45) is -0.374. The van der Waals surface area contributed by atoms with Gasteiger partial charge in [0.1, 0.15) is 6.10 Å². The Balaban J connectivity index is 2.15. The lowest BCUT2D eigenvalue weighted by Gasteiger charge is -2.15. The quantitative estimate of drug-likeness (QED) is 0.480. The van der Waals surface area contributed by atoms with E-state index in [0.29, 0.717) is 6.42 Å². The van der Waals surface area contributed by atoms with Gasteiger partial charge in [-0.15, -0.1) is 0 Å². The van der Waals surface area contributed by atoms with Gasteiger partial charge >= 0.3 is 5.97 Å². The summed E-state index contributed by atoms with van der Waals surface area (Å²) in [6.45, 7) is -0.746. The first-order valence-corrected chi connectivity index (χ1v) is 6.09. The minimum absolute atomic E-state index is 0.367. The summed E-state index contributed by atoms with van der Waals surface area (Å²) in [7, 11) is 0. The van der Waals surface area contributed by atoms with E-state index >= 15 is 0 Å². The molecule has 1 heterocycles. The number of hydrogen-bond donors (Lipinski definition) is 1. The minimum atomic E-state index is -0.772. The molecule has 1 aliphatic rings. The molecule has 0 spiro atoms. The Morgan fingerprint density at radius 2 is 2.00 bits per heavy atom. The molecule has 6 heteroatoms. The molecule has 2 rings (SSSR count). The van der Waals surface area contributed by atoms with Crippen molar-refractivity contribution in [1.29, 1.82) is 0 Å². The molecule has 102 valence electrons. The largest absolute Gasteiger partial charge is 0.459 e. The fraction of sp³-hybridized carbons (Fsp3) is 0.462. The maximum atomic E-state index is 11.8. The normalized spacial score (nSPS) is 26.2. The van der Waals surface area contributed by atoms with Gasteiger partial charge in [-0.3, -0.25) is 14.9 Å². The van der Waals surface area contributed by atoms with Crippen molar-refractivity contribution in [2.45, 2.75) is 12.5 Å². The second-order valence-corrected chi connectivity index (χ2v) is 4.63. The molecule has 1 N–H and O–H groups in total. The van der Waals surface area contributed by atoms with Crippen LogP contribution in [0.15, 0.2) is 30.3 Å². The van der Waals surface area contributed by atoms with Crippen LogP contribution in [0.2, 0.25) is 0 Å². The fourth-order valence-corrected chi connectivity index (χ4v) is 2.45. The third kappa shape index (κ3) is 3.08. The Kier molecular flexibility index (Phi) is 4.11. The summed E-state index contributed by atoms with van der Waals surface area (Å²) in [6, 6.07) is 9.29. The van der Waals surface area contributed by atoms with Gasteiger partial charge in [0.2, 0.25) is 6.54 Å². The van der Waals surface area contributed by atoms with Crippen LogP contribution >= 0.6 is 0 Å². The summed E-state index contributed by atoms with van der Waals surface area (Å²) < 4.78 is 5.02. The number of carbonyl (C=O) groups is 1. The number of rotatable bonds is 5. The summed E-state index contributed by atoms with van der Waals surface area (Å²) >= 11 is 0. The van der Waals surface area contributed by atoms with Crippen molar-refractivity contribution >= 4 is 5.97 Å². The first-order chi connectivity index (χ1) is 9.11. The van der Waals surface area contributed by atoms with E-state index in [1.165, 1.54) is 0 Å². The maximum Gasteiger partial charge on any atom is 0.310 e. The molecule has 6 nitrogen and oxygen atoms in total. The lowest BCUT2D eigenvalue weighted by atomic mass is 9.86. The van der Waals surface area contributed by atoms with Gasteiger partial charge in [0.15, 0.2) is 0 Å². The number of nitrogens with zero attached hydrogens (tertiary/aromatic N) is 1. The lowest BCUT2D eigenvalue weighted by Crippen LogP contribution is -2.31. The second kappa shape index (κ2) is 5.79. The van der Waals surface area contributed by atoms with Crippen molar-refractivity contribution in [2.24, 2.45) is 11.8 Å². The monoisotopic (exact) mass is 265 g/mol. The zero-order valence-electron chi connectivity index (χ0n) is 10.3. The smallest absolute Gasteiger partial charge is 0.310 e. The Hall–Kier alpha value is -1.95. The van der Waals surface area contributed by atoms with Crippen molar-refractivity contribution in [3.8, 4) is 0 Å². The van der Waals surface area contributed by atoms with Crippen LogP contribution in [0.4, 0.5) is 0 Å². The zero-order valence-corrected chi connectivity index (χ0v) is 10.3. The number of cyclic esters (lactones) is 1. The zero-order chi connectivity index (χ0) is 13.8. The minimum Gasteiger partial charge on any atom is -0.459 e. The molecule has 19 heavy (non-hydrogen) atoms. The second-order valence-electron chi connectivity index (χ2n) is 4.63. The van der Waals surface area contributed by atoms with E-state index in [-0.39, 0.29) is 13.2 Å². The Morgan fingerprint density at radius 3 is 2.58 bits per heavy atom. The number of esters is 1. The predicted octanol–water partition coefficient (Wildman–Crippen LogP) is 0.656. The Bertz CT molecular complexity index is 461. The molecule has 1 aromatic carbocycles. The molecule has 0 radical (unpaired) electrons. The standard InChI is InChI=1S/C13H15NO5/c15-8-12-11(7-14(17)18)10(13(16)19-12)6-9-4-2-1-3-5-9/h1-5,10-12,15H,6-8H2/t10-,11+,12+/m0/s1. The van der Waals surface area contributed by atoms with Crippen molar-refractivity contribution in [3.05, 3.63) is 46.0 Å². The van der Waals surface area contributed by atoms with E-state index < -0.39 is 28.8 Å². The SMILES string of the molecule is O=C1O[C@H](CO)[C@H](C[N+](=O)[O-])[C@@H]1Cc1ccccc1. The molecular weight excluding hydrogens is 250 g/mol. The van der Waals surface area contributed by atoms with Crippen LogP contribution in [-0.4, -0.2) is 35.3 Å². The average molecular weight is 265 g/mol. The highest BCUT2D eigenvalue weighted by Gasteiger charge is 2.46. The number of benzene rings is 1. The van der Waals surface area contributed by atoms with E-state index in [0.717, 1.165) is 5.56 Å². The molecule has 0 bridgehead atoms. The van der Waals surface area contributed by atoms with Crippen molar-refractivity contribution in [3.63, 3.8) is 0 Å². The average Bonchev–Trinajstić information content (AvgIpc) is 2.67. The molecule has 1 aromatic rings. The number of ether oxygens (including phenoxy) is 1. The number of aliphatic hydroxyl groups excluding tert-OH is 1. The number of carbonyl (C=O) groups excluding carboxylic acids is 1. The number of hydrogen-bond acceptors (Lipinski definition) is 5. The third-order valence-electron chi connectivity index (χ3n) is 3.40. The lowest BCUT2D eigenvalue weighted by molar-refractivity contribution is -0.490. The van der Waals surface area contributed by atoms with Gasteiger partial charge in [-0.2, -0.15) is 0 Å². The van der Waals surface area contributed by atoms with Crippen molar-refractivity contribution in [2.75, 3.05) is 13.2 Å². The first-order valence-electron chi connectivity index (χ1n) is 6.09. The number of nitro groups is 1. The van der Waals surface area contributed by atoms with Gasteiger partial charge in [-0.1, -0.05) is 30.3 Å². The predicted molar refractivity (Wildman–Crippen MR) is 66.0 cm³/mol. The highest BCUT2D eigenvalue weighted by molar-refractivity contribution is 5.75. The van der Waals surface area contributed by atoms with E-state index in [4.69, 9.17) is 9.84 Å². The van der Waals surface area contributed by atoms with E-state index in [9.17, 15) is 14.9 Å². The summed E-state index contributed by atoms with van der Waals surface area (Å²) in [5.41, 5.74) is 0.927. The molecule has 1 aliphatic heterocycles. The molecule has 1 fully saturated rings. The van der Waals surface area contributed by atoms with Crippen LogP contribution in [0.3, 0.4) is 0 Å². The van der Waals surface area contributed by atoms with Crippen LogP contribution in [0.1, 0.15) is 5.56 Å². The summed E-state index contributed by atoms with van der Waals surface area (Å²) in [5.74, 6) is -1.60. The van der Waals surface area contributed by atoms with Gasteiger partial charge in [-0.05, 0) is 12.0 Å². The third-order valence-corrected chi connectivity index (χ3v) is 3.40. The maximum absolute atomic E-state index is 11.8. The van der Waals surface area contributed by atoms with Crippen molar-refractivity contribution < 1.29 is 19.6 Å². The molecule has 3 atom stereocenters. The van der Waals surface area contributed by atoms with Crippen LogP contribution in [0.5, 0.6) is 0 Å². The van der Waals surface area contributed by atoms with Crippen LogP contribution < -0.4 is 0 Å². The van der Waals surface area contributed by atoms with Crippen LogP contribution in [-0.2, 0) is 16.0 Å². The van der Waals surface area contributed by atoms with Gasteiger partial charge in [0.25, 0.3) is 0 Å². The molecule has 0 saturated carbocycles.